The number of rotatable bonds is 8. The summed E-state index contributed by atoms with van der Waals surface area (Å²) in [4.78, 5) is 37.5. The van der Waals surface area contributed by atoms with Gasteiger partial charge >= 0.3 is 12.2 Å². The van der Waals surface area contributed by atoms with Crippen molar-refractivity contribution in [3.8, 4) is 22.4 Å². The number of methoxy groups -OCH3 is 1. The van der Waals surface area contributed by atoms with Crippen LogP contribution in [0.3, 0.4) is 0 Å². The Bertz CT molecular complexity index is 2210. The van der Waals surface area contributed by atoms with Gasteiger partial charge in [0, 0.05) is 41.7 Å². The zero-order valence-electron chi connectivity index (χ0n) is 32.9. The van der Waals surface area contributed by atoms with Gasteiger partial charge in [-0.05, 0) is 111 Å². The molecule has 8 rings (SSSR count). The number of aromatic nitrogens is 2. The van der Waals surface area contributed by atoms with Gasteiger partial charge in [-0.2, -0.15) is 0 Å². The van der Waals surface area contributed by atoms with Crippen LogP contribution in [0, 0.1) is 5.92 Å². The lowest BCUT2D eigenvalue weighted by molar-refractivity contribution is 0.0218. The molecular weight excluding hydrogens is 691 g/mol. The second kappa shape index (κ2) is 15.0. The molecule has 290 valence electrons. The van der Waals surface area contributed by atoms with Crippen molar-refractivity contribution in [3.63, 3.8) is 0 Å². The molecule has 2 amide bonds. The summed E-state index contributed by atoms with van der Waals surface area (Å²) in [5.74, 6) is 1.10. The highest BCUT2D eigenvalue weighted by Crippen LogP contribution is 2.34. The van der Waals surface area contributed by atoms with Crippen molar-refractivity contribution in [1.29, 1.82) is 0 Å². The first-order chi connectivity index (χ1) is 26.4. The highest BCUT2D eigenvalue weighted by Gasteiger charge is 2.40. The van der Waals surface area contributed by atoms with Crippen molar-refractivity contribution in [1.82, 2.24) is 35.7 Å². The Morgan fingerprint density at radius 1 is 0.964 bits per heavy atom. The molecule has 5 atom stereocenters. The van der Waals surface area contributed by atoms with Gasteiger partial charge in [0.05, 0.1) is 37.3 Å². The average molecular weight is 746 g/mol. The Morgan fingerprint density at radius 3 is 2.45 bits per heavy atom. The zero-order valence-corrected chi connectivity index (χ0v) is 32.9. The Labute approximate surface area is 323 Å². The molecule has 0 saturated carbocycles. The topological polar surface area (TPSA) is 124 Å². The number of carbonyl (C=O) groups is 2. The van der Waals surface area contributed by atoms with E-state index in [1.807, 2.05) is 27.0 Å². The molecule has 4 N–H and O–H groups in total. The molecule has 1 aliphatic carbocycles. The number of aromatic amines is 1. The maximum atomic E-state index is 12.9. The van der Waals surface area contributed by atoms with E-state index in [9.17, 15) is 9.59 Å². The molecule has 4 aliphatic rings. The van der Waals surface area contributed by atoms with Crippen molar-refractivity contribution in [2.45, 2.75) is 103 Å². The fourth-order valence-corrected chi connectivity index (χ4v) is 8.85. The van der Waals surface area contributed by atoms with Gasteiger partial charge in [0.15, 0.2) is 0 Å². The SMILES string of the molecule is COC(=O)NC(CN1CCCC1C1NC2=c3ccc(-c4ccc5cc(-c6cnc(C7CCCN7C(=O)OC(C)(C)C)[nH]6)ccc5c4)cc3=CCC2N1)C(C)C. The van der Waals surface area contributed by atoms with Gasteiger partial charge in [-0.25, -0.2) is 14.6 Å². The quantitative estimate of drug-likeness (QED) is 0.174. The predicted octanol–water partition coefficient (Wildman–Crippen LogP) is 5.99. The maximum Gasteiger partial charge on any atom is 0.410 e. The van der Waals surface area contributed by atoms with E-state index >= 15 is 0 Å². The number of imidazole rings is 1. The van der Waals surface area contributed by atoms with E-state index in [1.165, 1.54) is 39.8 Å². The van der Waals surface area contributed by atoms with Crippen LogP contribution < -0.4 is 26.4 Å². The minimum Gasteiger partial charge on any atom is -0.453 e. The van der Waals surface area contributed by atoms with E-state index in [2.05, 4.69) is 100 Å². The van der Waals surface area contributed by atoms with E-state index in [-0.39, 0.29) is 36.5 Å². The largest absolute Gasteiger partial charge is 0.453 e. The molecule has 4 heterocycles. The minimum atomic E-state index is -0.537. The van der Waals surface area contributed by atoms with E-state index in [1.54, 1.807) is 4.90 Å². The molecule has 3 aromatic carbocycles. The molecule has 3 aliphatic heterocycles. The van der Waals surface area contributed by atoms with Crippen LogP contribution in [0.25, 0.3) is 44.9 Å². The standard InChI is InChI=1S/C44H55N7O4/c1-26(2)36(48-42(52)54-6)25-50-19-7-9-37(50)41-46-34-18-16-31-22-30(15-17-33(31)39(34)49-41)27-11-12-29-23-32(14-13-28(29)21-27)35-24-45-40(47-35)38-10-8-20-51(38)43(53)55-44(3,4)5/h11-17,21-24,26,34,36-38,41,46,49H,7-10,18-20,25H2,1-6H3,(H,45,47)(H,48,52). The number of hydrogen-bond acceptors (Lipinski definition) is 8. The third-order valence-electron chi connectivity index (χ3n) is 11.8. The van der Waals surface area contributed by atoms with Gasteiger partial charge in [-0.1, -0.05) is 56.3 Å². The second-order valence-electron chi connectivity index (χ2n) is 17.0. The first-order valence-corrected chi connectivity index (χ1v) is 20.0. The molecule has 0 bridgehead atoms. The van der Waals surface area contributed by atoms with Crippen molar-refractivity contribution >= 4 is 34.7 Å². The third kappa shape index (κ3) is 7.69. The van der Waals surface area contributed by atoms with E-state index in [0.717, 1.165) is 67.7 Å². The van der Waals surface area contributed by atoms with E-state index in [4.69, 9.17) is 14.5 Å². The molecule has 0 radical (unpaired) electrons. The summed E-state index contributed by atoms with van der Waals surface area (Å²) in [5, 5.41) is 15.7. The number of alkyl carbamates (subject to hydrolysis) is 1. The fraction of sp³-hybridized carbons (Fsp3) is 0.477. The van der Waals surface area contributed by atoms with Crippen LogP contribution in [0.2, 0.25) is 0 Å². The normalized spacial score (nSPS) is 23.0. The second-order valence-corrected chi connectivity index (χ2v) is 17.0. The summed E-state index contributed by atoms with van der Waals surface area (Å²) < 4.78 is 10.6. The van der Waals surface area contributed by atoms with Crippen LogP contribution in [0.4, 0.5) is 9.59 Å². The number of ether oxygens (including phenoxy) is 2. The number of hydrogen-bond donors (Lipinski definition) is 4. The van der Waals surface area contributed by atoms with Crippen LogP contribution in [-0.4, -0.2) is 88.6 Å². The van der Waals surface area contributed by atoms with Gasteiger partial charge in [0.2, 0.25) is 0 Å². The van der Waals surface area contributed by atoms with Crippen LogP contribution in [-0.2, 0) is 9.47 Å². The van der Waals surface area contributed by atoms with Gasteiger partial charge in [-0.15, -0.1) is 0 Å². The van der Waals surface area contributed by atoms with Crippen LogP contribution in [0.5, 0.6) is 0 Å². The van der Waals surface area contributed by atoms with Gasteiger partial charge in [0.1, 0.15) is 11.4 Å². The molecule has 11 heteroatoms. The van der Waals surface area contributed by atoms with Crippen molar-refractivity contribution < 1.29 is 19.1 Å². The molecule has 1 aromatic heterocycles. The van der Waals surface area contributed by atoms with Crippen LogP contribution in [0.15, 0.2) is 60.8 Å². The van der Waals surface area contributed by atoms with Gasteiger partial charge in [-0.3, -0.25) is 15.1 Å². The lowest BCUT2D eigenvalue weighted by Crippen LogP contribution is -2.54. The first kappa shape index (κ1) is 37.1. The number of nitrogens with zero attached hydrogens (tertiary/aromatic N) is 3. The summed E-state index contributed by atoms with van der Waals surface area (Å²) in [5.41, 5.74) is 5.13. The van der Waals surface area contributed by atoms with Crippen LogP contribution >= 0.6 is 0 Å². The molecule has 4 aromatic rings. The third-order valence-corrected chi connectivity index (χ3v) is 11.8. The molecule has 5 unspecified atom stereocenters. The Kier molecular flexibility index (Phi) is 10.1. The number of fused-ring (bicyclic) bond motifs is 3. The molecule has 0 spiro atoms. The lowest BCUT2D eigenvalue weighted by Gasteiger charge is -2.34. The van der Waals surface area contributed by atoms with Crippen molar-refractivity contribution in [2.24, 2.45) is 5.92 Å². The molecule has 11 nitrogen and oxygen atoms in total. The monoisotopic (exact) mass is 745 g/mol. The summed E-state index contributed by atoms with van der Waals surface area (Å²) in [6.07, 6.45) is 8.73. The number of carbonyl (C=O) groups excluding carboxylic acids is 2. The smallest absolute Gasteiger partial charge is 0.410 e. The highest BCUT2D eigenvalue weighted by molar-refractivity contribution is 5.90. The summed E-state index contributed by atoms with van der Waals surface area (Å²) in [6.45, 7) is 12.5. The Morgan fingerprint density at radius 2 is 1.69 bits per heavy atom. The number of benzene rings is 3. The van der Waals surface area contributed by atoms with Gasteiger partial charge in [0.25, 0.3) is 0 Å². The van der Waals surface area contributed by atoms with Crippen LogP contribution in [0.1, 0.15) is 78.6 Å². The summed E-state index contributed by atoms with van der Waals surface area (Å²) in [6, 6.07) is 20.6. The average Bonchev–Trinajstić information content (AvgIpc) is 3.99. The van der Waals surface area contributed by atoms with E-state index in [0.29, 0.717) is 18.5 Å². The first-order valence-electron chi connectivity index (χ1n) is 20.0. The predicted molar refractivity (Wildman–Crippen MR) is 216 cm³/mol. The molecule has 55 heavy (non-hydrogen) atoms. The summed E-state index contributed by atoms with van der Waals surface area (Å²) >= 11 is 0. The van der Waals surface area contributed by atoms with Crippen molar-refractivity contribution in [3.05, 3.63) is 77.1 Å². The molecule has 3 saturated heterocycles. The van der Waals surface area contributed by atoms with E-state index < -0.39 is 5.60 Å². The number of amides is 2. The number of H-pyrrole nitrogens is 1. The molecular formula is C44H55N7O4. The van der Waals surface area contributed by atoms with Gasteiger partial charge < -0.3 is 25.1 Å². The number of nitrogens with one attached hydrogen (secondary N) is 4. The fourth-order valence-electron chi connectivity index (χ4n) is 8.85. The van der Waals surface area contributed by atoms with Crippen molar-refractivity contribution in [2.75, 3.05) is 26.7 Å². The Balaban J connectivity index is 0.972. The lowest BCUT2D eigenvalue weighted by atomic mass is 9.95. The Hall–Kier alpha value is -4.87. The maximum absolute atomic E-state index is 12.9. The number of likely N-dealkylation sites (tertiary alicyclic amines) is 2. The minimum absolute atomic E-state index is 0.0280. The summed E-state index contributed by atoms with van der Waals surface area (Å²) in [7, 11) is 1.42. The zero-order chi connectivity index (χ0) is 38.4. The highest BCUT2D eigenvalue weighted by atomic mass is 16.6. The molecule has 3 fully saturated rings.